The Balaban J connectivity index is 1.58. The number of amides is 1. The molecule has 0 atom stereocenters. The maximum absolute atomic E-state index is 12.4. The van der Waals surface area contributed by atoms with Gasteiger partial charge in [0, 0.05) is 44.5 Å². The van der Waals surface area contributed by atoms with E-state index in [9.17, 15) is 4.79 Å². The van der Waals surface area contributed by atoms with Crippen molar-refractivity contribution >= 4 is 11.7 Å². The molecule has 3 aromatic rings. The average Bonchev–Trinajstić information content (AvgIpc) is 3.11. The first kappa shape index (κ1) is 22.3. The fourth-order valence-corrected chi connectivity index (χ4v) is 4.26. The van der Waals surface area contributed by atoms with Gasteiger partial charge in [-0.2, -0.15) is 0 Å². The Hall–Kier alpha value is -2.86. The predicted molar refractivity (Wildman–Crippen MR) is 128 cm³/mol. The summed E-state index contributed by atoms with van der Waals surface area (Å²) in [7, 11) is 0. The van der Waals surface area contributed by atoms with E-state index in [-0.39, 0.29) is 6.09 Å². The largest absolute Gasteiger partial charge is 0.444 e. The highest BCUT2D eigenvalue weighted by molar-refractivity contribution is 5.70. The molecule has 1 aliphatic heterocycles. The van der Waals surface area contributed by atoms with Crippen LogP contribution in [0.4, 0.5) is 4.79 Å². The molecule has 4 rings (SSSR count). The van der Waals surface area contributed by atoms with E-state index >= 15 is 0 Å². The van der Waals surface area contributed by atoms with Crippen molar-refractivity contribution in [1.82, 2.24) is 19.2 Å². The van der Waals surface area contributed by atoms with E-state index < -0.39 is 5.60 Å². The van der Waals surface area contributed by atoms with Gasteiger partial charge >= 0.3 is 6.09 Å². The van der Waals surface area contributed by atoms with Crippen molar-refractivity contribution in [1.29, 1.82) is 0 Å². The van der Waals surface area contributed by atoms with Crippen molar-refractivity contribution in [3.8, 4) is 11.3 Å². The van der Waals surface area contributed by atoms with E-state index in [1.807, 2.05) is 31.7 Å². The van der Waals surface area contributed by atoms with Crippen molar-refractivity contribution in [2.45, 2.75) is 52.7 Å². The van der Waals surface area contributed by atoms with Crippen LogP contribution in [0.2, 0.25) is 0 Å². The molecule has 1 saturated heterocycles. The second-order valence-electron chi connectivity index (χ2n) is 9.82. The molecule has 32 heavy (non-hydrogen) atoms. The number of ether oxygens (including phenoxy) is 1. The van der Waals surface area contributed by atoms with Gasteiger partial charge in [0.05, 0.1) is 11.4 Å². The molecule has 0 aliphatic carbocycles. The van der Waals surface area contributed by atoms with Gasteiger partial charge in [0.15, 0.2) is 0 Å². The Morgan fingerprint density at radius 3 is 2.41 bits per heavy atom. The first-order chi connectivity index (χ1) is 15.2. The SMILES string of the molecule is CC(C)c1ccccc1-c1nc2ccccn2c1CN1CCN(C(=O)OC(C)(C)C)CC1. The zero-order chi connectivity index (χ0) is 22.9. The van der Waals surface area contributed by atoms with Crippen LogP contribution in [0.15, 0.2) is 48.7 Å². The highest BCUT2D eigenvalue weighted by Gasteiger charge is 2.27. The molecule has 2 aromatic heterocycles. The molecule has 170 valence electrons. The summed E-state index contributed by atoms with van der Waals surface area (Å²) in [5, 5.41) is 0. The number of imidazole rings is 1. The third-order valence-corrected chi connectivity index (χ3v) is 5.86. The van der Waals surface area contributed by atoms with Crippen LogP contribution in [0.1, 0.15) is 51.8 Å². The zero-order valence-corrected chi connectivity index (χ0v) is 19.8. The third-order valence-electron chi connectivity index (χ3n) is 5.86. The monoisotopic (exact) mass is 434 g/mol. The van der Waals surface area contributed by atoms with Gasteiger partial charge in [-0.1, -0.05) is 44.2 Å². The van der Waals surface area contributed by atoms with Gasteiger partial charge in [-0.05, 0) is 44.4 Å². The summed E-state index contributed by atoms with van der Waals surface area (Å²) in [6.07, 6.45) is 1.87. The van der Waals surface area contributed by atoms with Gasteiger partial charge in [-0.15, -0.1) is 0 Å². The van der Waals surface area contributed by atoms with E-state index in [0.29, 0.717) is 19.0 Å². The lowest BCUT2D eigenvalue weighted by Crippen LogP contribution is -2.49. The number of fused-ring (bicyclic) bond motifs is 1. The Kier molecular flexibility index (Phi) is 6.24. The maximum Gasteiger partial charge on any atom is 0.410 e. The summed E-state index contributed by atoms with van der Waals surface area (Å²) in [6.45, 7) is 13.9. The van der Waals surface area contributed by atoms with E-state index in [1.165, 1.54) is 16.8 Å². The fourth-order valence-electron chi connectivity index (χ4n) is 4.26. The smallest absolute Gasteiger partial charge is 0.410 e. The van der Waals surface area contributed by atoms with Crippen molar-refractivity contribution in [2.75, 3.05) is 26.2 Å². The number of carbonyl (C=O) groups excluding carboxylic acids is 1. The second-order valence-corrected chi connectivity index (χ2v) is 9.82. The topological polar surface area (TPSA) is 50.1 Å². The van der Waals surface area contributed by atoms with Gasteiger partial charge in [-0.3, -0.25) is 4.90 Å². The summed E-state index contributed by atoms with van der Waals surface area (Å²) in [6, 6.07) is 14.7. The van der Waals surface area contributed by atoms with Crippen LogP contribution in [-0.2, 0) is 11.3 Å². The van der Waals surface area contributed by atoms with Gasteiger partial charge in [-0.25, -0.2) is 9.78 Å². The van der Waals surface area contributed by atoms with Gasteiger partial charge in [0.1, 0.15) is 11.2 Å². The molecule has 0 bridgehead atoms. The van der Waals surface area contributed by atoms with Crippen LogP contribution in [0.25, 0.3) is 16.9 Å². The standard InChI is InChI=1S/C26H34N4O2/c1-19(2)20-10-6-7-11-21(20)24-22(30-13-9-8-12-23(30)27-24)18-28-14-16-29(17-15-28)25(31)32-26(3,4)5/h6-13,19H,14-18H2,1-5H3. The van der Waals surface area contributed by atoms with E-state index in [4.69, 9.17) is 9.72 Å². The number of rotatable bonds is 4. The zero-order valence-electron chi connectivity index (χ0n) is 19.8. The average molecular weight is 435 g/mol. The molecule has 0 unspecified atom stereocenters. The number of pyridine rings is 1. The number of nitrogens with zero attached hydrogens (tertiary/aromatic N) is 4. The molecule has 0 spiro atoms. The molecule has 1 aliphatic rings. The normalized spacial score (nSPS) is 15.5. The fraction of sp³-hybridized carbons (Fsp3) is 0.462. The lowest BCUT2D eigenvalue weighted by molar-refractivity contribution is 0.0138. The third kappa shape index (κ3) is 4.80. The predicted octanol–water partition coefficient (Wildman–Crippen LogP) is 5.18. The summed E-state index contributed by atoms with van der Waals surface area (Å²) in [4.78, 5) is 21.7. The maximum atomic E-state index is 12.4. The number of hydrogen-bond acceptors (Lipinski definition) is 4. The van der Waals surface area contributed by atoms with Crippen LogP contribution in [0.3, 0.4) is 0 Å². The van der Waals surface area contributed by atoms with Crippen LogP contribution in [0, 0.1) is 0 Å². The first-order valence-electron chi connectivity index (χ1n) is 11.5. The Morgan fingerprint density at radius 1 is 1.03 bits per heavy atom. The highest BCUT2D eigenvalue weighted by atomic mass is 16.6. The summed E-state index contributed by atoms with van der Waals surface area (Å²) >= 11 is 0. The minimum Gasteiger partial charge on any atom is -0.444 e. The minimum absolute atomic E-state index is 0.224. The number of aromatic nitrogens is 2. The van der Waals surface area contributed by atoms with Gasteiger partial charge < -0.3 is 14.0 Å². The molecule has 0 radical (unpaired) electrons. The quantitative estimate of drug-likeness (QED) is 0.568. The number of piperazine rings is 1. The first-order valence-corrected chi connectivity index (χ1v) is 11.5. The Morgan fingerprint density at radius 2 is 1.72 bits per heavy atom. The molecular formula is C26H34N4O2. The van der Waals surface area contributed by atoms with E-state index in [2.05, 4.69) is 65.7 Å². The molecule has 1 aromatic carbocycles. The van der Waals surface area contributed by atoms with Crippen molar-refractivity contribution in [3.63, 3.8) is 0 Å². The molecular weight excluding hydrogens is 400 g/mol. The van der Waals surface area contributed by atoms with Crippen molar-refractivity contribution in [3.05, 3.63) is 59.9 Å². The van der Waals surface area contributed by atoms with Gasteiger partial charge in [0.2, 0.25) is 0 Å². The van der Waals surface area contributed by atoms with Crippen LogP contribution < -0.4 is 0 Å². The molecule has 0 saturated carbocycles. The Bertz CT molecular complexity index is 1090. The molecule has 0 N–H and O–H groups in total. The van der Waals surface area contributed by atoms with Gasteiger partial charge in [0.25, 0.3) is 0 Å². The van der Waals surface area contributed by atoms with Crippen LogP contribution in [0.5, 0.6) is 0 Å². The lowest BCUT2D eigenvalue weighted by atomic mass is 9.94. The van der Waals surface area contributed by atoms with Crippen molar-refractivity contribution in [2.24, 2.45) is 0 Å². The summed E-state index contributed by atoms with van der Waals surface area (Å²) < 4.78 is 7.74. The molecule has 1 fully saturated rings. The lowest BCUT2D eigenvalue weighted by Gasteiger charge is -2.35. The minimum atomic E-state index is -0.469. The van der Waals surface area contributed by atoms with Crippen LogP contribution >= 0.6 is 0 Å². The number of hydrogen-bond donors (Lipinski definition) is 0. The number of benzene rings is 1. The summed E-state index contributed by atoms with van der Waals surface area (Å²) in [5.74, 6) is 0.418. The molecule has 1 amide bonds. The molecule has 6 heteroatoms. The van der Waals surface area contributed by atoms with Crippen molar-refractivity contribution < 1.29 is 9.53 Å². The summed E-state index contributed by atoms with van der Waals surface area (Å²) in [5.41, 5.74) is 5.25. The second kappa shape index (κ2) is 8.94. The molecule has 6 nitrogen and oxygen atoms in total. The van der Waals surface area contributed by atoms with E-state index in [0.717, 1.165) is 31.0 Å². The Labute approximate surface area is 190 Å². The van der Waals surface area contributed by atoms with Crippen LogP contribution in [-0.4, -0.2) is 57.1 Å². The molecule has 3 heterocycles. The highest BCUT2D eigenvalue weighted by Crippen LogP contribution is 2.32. The van der Waals surface area contributed by atoms with E-state index in [1.54, 1.807) is 0 Å². The number of carbonyl (C=O) groups is 1.